The number of aromatic nitrogens is 1. The zero-order chi connectivity index (χ0) is 14.5. The van der Waals surface area contributed by atoms with Gasteiger partial charge >= 0.3 is 5.97 Å². The number of carbonyl (C=O) groups is 1. The highest BCUT2D eigenvalue weighted by atomic mass is 16.4. The molecular formula is C16H18N2O2. The number of hydrogen-bond donors (Lipinski definition) is 2. The lowest BCUT2D eigenvalue weighted by atomic mass is 10.0. The maximum absolute atomic E-state index is 10.7. The van der Waals surface area contributed by atoms with Crippen LogP contribution in [0, 0.1) is 0 Å². The Balaban J connectivity index is 2.22. The van der Waals surface area contributed by atoms with Crippen LogP contribution in [0.4, 0.5) is 0 Å². The number of pyridine rings is 1. The van der Waals surface area contributed by atoms with E-state index < -0.39 is 12.0 Å². The standard InChI is InChI=1S/C16H18N2O2/c1-2-12-4-3-9-18-15(12)13-7-5-11(6-8-13)10-14(17)16(19)20/h3-9,14H,2,10,17H2,1H3,(H,19,20). The second kappa shape index (κ2) is 6.30. The summed E-state index contributed by atoms with van der Waals surface area (Å²) in [7, 11) is 0. The fourth-order valence-corrected chi connectivity index (χ4v) is 2.12. The van der Waals surface area contributed by atoms with Crippen LogP contribution < -0.4 is 5.73 Å². The Hall–Kier alpha value is -2.20. The molecule has 0 fully saturated rings. The summed E-state index contributed by atoms with van der Waals surface area (Å²) in [6.45, 7) is 2.10. The zero-order valence-electron chi connectivity index (χ0n) is 11.4. The van der Waals surface area contributed by atoms with Crippen molar-refractivity contribution in [2.75, 3.05) is 0 Å². The summed E-state index contributed by atoms with van der Waals surface area (Å²) in [5.74, 6) is -0.980. The summed E-state index contributed by atoms with van der Waals surface area (Å²) in [4.78, 5) is 15.2. The number of carboxylic acid groups (broad SMARTS) is 1. The molecule has 3 N–H and O–H groups in total. The normalized spacial score (nSPS) is 12.1. The van der Waals surface area contributed by atoms with Crippen molar-refractivity contribution >= 4 is 5.97 Å². The van der Waals surface area contributed by atoms with E-state index in [4.69, 9.17) is 10.8 Å². The number of nitrogens with two attached hydrogens (primary N) is 1. The van der Waals surface area contributed by atoms with Gasteiger partial charge in [-0.2, -0.15) is 0 Å². The first-order valence-electron chi connectivity index (χ1n) is 6.63. The van der Waals surface area contributed by atoms with E-state index in [-0.39, 0.29) is 0 Å². The predicted molar refractivity (Wildman–Crippen MR) is 78.4 cm³/mol. The van der Waals surface area contributed by atoms with Crippen molar-refractivity contribution < 1.29 is 9.90 Å². The van der Waals surface area contributed by atoms with E-state index in [1.165, 1.54) is 5.56 Å². The summed E-state index contributed by atoms with van der Waals surface area (Å²) in [5.41, 5.74) is 9.66. The van der Waals surface area contributed by atoms with Gasteiger partial charge in [0.25, 0.3) is 0 Å². The minimum absolute atomic E-state index is 0.332. The van der Waals surface area contributed by atoms with Crippen molar-refractivity contribution in [2.24, 2.45) is 5.73 Å². The van der Waals surface area contributed by atoms with Gasteiger partial charge in [0.05, 0.1) is 5.69 Å². The van der Waals surface area contributed by atoms with Crippen LogP contribution >= 0.6 is 0 Å². The molecule has 0 amide bonds. The molecule has 4 nitrogen and oxygen atoms in total. The quantitative estimate of drug-likeness (QED) is 0.873. The number of aryl methyl sites for hydroxylation is 1. The van der Waals surface area contributed by atoms with Crippen molar-refractivity contribution in [3.8, 4) is 11.3 Å². The number of rotatable bonds is 5. The molecule has 1 heterocycles. The molecule has 0 spiro atoms. The van der Waals surface area contributed by atoms with E-state index in [1.54, 1.807) is 6.20 Å². The van der Waals surface area contributed by atoms with E-state index in [2.05, 4.69) is 18.0 Å². The topological polar surface area (TPSA) is 76.2 Å². The van der Waals surface area contributed by atoms with Crippen LogP contribution in [-0.2, 0) is 17.6 Å². The molecule has 1 aromatic heterocycles. The molecule has 1 unspecified atom stereocenters. The SMILES string of the molecule is CCc1cccnc1-c1ccc(CC(N)C(=O)O)cc1. The van der Waals surface area contributed by atoms with Gasteiger partial charge in [-0.3, -0.25) is 9.78 Å². The van der Waals surface area contributed by atoms with Crippen molar-refractivity contribution in [1.29, 1.82) is 0 Å². The second-order valence-corrected chi connectivity index (χ2v) is 4.71. The molecule has 104 valence electrons. The van der Waals surface area contributed by atoms with Crippen LogP contribution in [0.15, 0.2) is 42.6 Å². The van der Waals surface area contributed by atoms with Crippen molar-refractivity contribution in [2.45, 2.75) is 25.8 Å². The van der Waals surface area contributed by atoms with Crippen LogP contribution in [0.3, 0.4) is 0 Å². The second-order valence-electron chi connectivity index (χ2n) is 4.71. The first-order valence-corrected chi connectivity index (χ1v) is 6.63. The molecule has 4 heteroatoms. The molecular weight excluding hydrogens is 252 g/mol. The molecule has 0 aliphatic carbocycles. The van der Waals surface area contributed by atoms with Crippen LogP contribution in [0.1, 0.15) is 18.1 Å². The van der Waals surface area contributed by atoms with E-state index in [0.717, 1.165) is 23.2 Å². The van der Waals surface area contributed by atoms with Gasteiger partial charge in [0.1, 0.15) is 6.04 Å². The lowest BCUT2D eigenvalue weighted by Gasteiger charge is -2.09. The van der Waals surface area contributed by atoms with Gasteiger partial charge < -0.3 is 10.8 Å². The average molecular weight is 270 g/mol. The summed E-state index contributed by atoms with van der Waals surface area (Å²) >= 11 is 0. The zero-order valence-corrected chi connectivity index (χ0v) is 11.4. The fraction of sp³-hybridized carbons (Fsp3) is 0.250. The Morgan fingerprint density at radius 2 is 2.00 bits per heavy atom. The molecule has 20 heavy (non-hydrogen) atoms. The van der Waals surface area contributed by atoms with Gasteiger partial charge in [-0.05, 0) is 30.0 Å². The Kier molecular flexibility index (Phi) is 4.48. The highest BCUT2D eigenvalue weighted by Crippen LogP contribution is 2.22. The van der Waals surface area contributed by atoms with Gasteiger partial charge in [-0.1, -0.05) is 37.3 Å². The van der Waals surface area contributed by atoms with E-state index in [1.807, 2.05) is 30.3 Å². The smallest absolute Gasteiger partial charge is 0.320 e. The number of hydrogen-bond acceptors (Lipinski definition) is 3. The predicted octanol–water partition coefficient (Wildman–Crippen LogP) is 2.27. The Labute approximate surface area is 118 Å². The maximum atomic E-state index is 10.7. The lowest BCUT2D eigenvalue weighted by Crippen LogP contribution is -2.32. The molecule has 1 aromatic carbocycles. The molecule has 2 aromatic rings. The fourth-order valence-electron chi connectivity index (χ4n) is 2.12. The van der Waals surface area contributed by atoms with Gasteiger partial charge in [-0.15, -0.1) is 0 Å². The Morgan fingerprint density at radius 3 is 2.60 bits per heavy atom. The third kappa shape index (κ3) is 3.22. The Morgan fingerprint density at radius 1 is 1.30 bits per heavy atom. The van der Waals surface area contributed by atoms with Crippen molar-refractivity contribution in [3.05, 3.63) is 53.7 Å². The van der Waals surface area contributed by atoms with Gasteiger partial charge in [0, 0.05) is 11.8 Å². The van der Waals surface area contributed by atoms with Crippen LogP contribution in [0.2, 0.25) is 0 Å². The van der Waals surface area contributed by atoms with Crippen LogP contribution in [-0.4, -0.2) is 22.1 Å². The third-order valence-electron chi connectivity index (χ3n) is 3.27. The van der Waals surface area contributed by atoms with Crippen LogP contribution in [0.5, 0.6) is 0 Å². The summed E-state index contributed by atoms with van der Waals surface area (Å²) in [6, 6.07) is 10.9. The van der Waals surface area contributed by atoms with Crippen LogP contribution in [0.25, 0.3) is 11.3 Å². The number of nitrogens with zero attached hydrogens (tertiary/aromatic N) is 1. The largest absolute Gasteiger partial charge is 0.480 e. The highest BCUT2D eigenvalue weighted by Gasteiger charge is 2.12. The maximum Gasteiger partial charge on any atom is 0.320 e. The molecule has 0 radical (unpaired) electrons. The summed E-state index contributed by atoms with van der Waals surface area (Å²) in [5, 5.41) is 8.81. The molecule has 0 aliphatic heterocycles. The minimum atomic E-state index is -0.980. The first-order chi connectivity index (χ1) is 9.61. The van der Waals surface area contributed by atoms with Gasteiger partial charge in [0.15, 0.2) is 0 Å². The van der Waals surface area contributed by atoms with Gasteiger partial charge in [-0.25, -0.2) is 0 Å². The van der Waals surface area contributed by atoms with Crippen molar-refractivity contribution in [3.63, 3.8) is 0 Å². The summed E-state index contributed by atoms with van der Waals surface area (Å²) in [6.07, 6.45) is 3.04. The molecule has 0 aliphatic rings. The third-order valence-corrected chi connectivity index (χ3v) is 3.27. The highest BCUT2D eigenvalue weighted by molar-refractivity contribution is 5.73. The Bertz CT molecular complexity index is 594. The van der Waals surface area contributed by atoms with Gasteiger partial charge in [0.2, 0.25) is 0 Å². The number of benzene rings is 1. The summed E-state index contributed by atoms with van der Waals surface area (Å²) < 4.78 is 0. The van der Waals surface area contributed by atoms with E-state index >= 15 is 0 Å². The van der Waals surface area contributed by atoms with E-state index in [0.29, 0.717) is 6.42 Å². The average Bonchev–Trinajstić information content (AvgIpc) is 2.48. The lowest BCUT2D eigenvalue weighted by molar-refractivity contribution is -0.138. The first kappa shape index (κ1) is 14.2. The molecule has 1 atom stereocenters. The number of carboxylic acids is 1. The molecule has 0 saturated heterocycles. The minimum Gasteiger partial charge on any atom is -0.480 e. The van der Waals surface area contributed by atoms with E-state index in [9.17, 15) is 4.79 Å². The monoisotopic (exact) mass is 270 g/mol. The molecule has 0 saturated carbocycles. The van der Waals surface area contributed by atoms with Crippen molar-refractivity contribution in [1.82, 2.24) is 4.98 Å². The number of aliphatic carboxylic acids is 1. The molecule has 0 bridgehead atoms. The molecule has 2 rings (SSSR count).